The van der Waals surface area contributed by atoms with Crippen LogP contribution in [-0.2, 0) is 31.4 Å². The van der Waals surface area contributed by atoms with Gasteiger partial charge in [-0.1, -0.05) is 18.2 Å². The molecule has 2 N–H and O–H groups in total. The van der Waals surface area contributed by atoms with Crippen LogP contribution < -0.4 is 15.5 Å². The smallest absolute Gasteiger partial charge is 0.258 e. The SMILES string of the molecule is Cc1cc(C(=O)N2Cc3cnn(C)c3Nc3ccccc32)ccc1CCC(=O)N1CCC(NCCCn2ccnc2)CC1. The number of likely N-dealkylation sites (tertiary alicyclic amines) is 1. The maximum atomic E-state index is 13.8. The van der Waals surface area contributed by atoms with Crippen molar-refractivity contribution in [2.24, 2.45) is 7.05 Å². The van der Waals surface area contributed by atoms with Gasteiger partial charge in [-0.2, -0.15) is 5.10 Å². The van der Waals surface area contributed by atoms with E-state index < -0.39 is 0 Å². The van der Waals surface area contributed by atoms with Gasteiger partial charge in [0.05, 0.1) is 30.4 Å². The fraction of sp³-hybridized carbons (Fsp3) is 0.394. The lowest BCUT2D eigenvalue weighted by Crippen LogP contribution is -2.45. The molecule has 0 saturated carbocycles. The van der Waals surface area contributed by atoms with Gasteiger partial charge in [-0.3, -0.25) is 14.3 Å². The zero-order valence-electron chi connectivity index (χ0n) is 25.0. The highest BCUT2D eigenvalue weighted by atomic mass is 16.2. The molecular formula is C33H40N8O2. The molecule has 0 unspecified atom stereocenters. The van der Waals surface area contributed by atoms with Gasteiger partial charge in [0, 0.05) is 62.7 Å². The van der Waals surface area contributed by atoms with Crippen molar-refractivity contribution in [3.05, 3.63) is 89.6 Å². The van der Waals surface area contributed by atoms with Crippen molar-refractivity contribution in [3.63, 3.8) is 0 Å². The van der Waals surface area contributed by atoms with E-state index in [4.69, 9.17) is 0 Å². The second kappa shape index (κ2) is 12.8. The van der Waals surface area contributed by atoms with Crippen molar-refractivity contribution in [1.29, 1.82) is 0 Å². The van der Waals surface area contributed by atoms with Crippen LogP contribution in [0.25, 0.3) is 0 Å². The monoisotopic (exact) mass is 580 g/mol. The molecule has 2 aromatic carbocycles. The van der Waals surface area contributed by atoms with E-state index in [2.05, 4.69) is 25.3 Å². The Hall–Kier alpha value is -4.44. The maximum Gasteiger partial charge on any atom is 0.258 e. The first-order chi connectivity index (χ1) is 21.0. The van der Waals surface area contributed by atoms with E-state index in [0.717, 1.165) is 79.3 Å². The quantitative estimate of drug-likeness (QED) is 0.284. The highest BCUT2D eigenvalue weighted by Crippen LogP contribution is 2.36. The van der Waals surface area contributed by atoms with Crippen LogP contribution in [0.2, 0.25) is 0 Å². The van der Waals surface area contributed by atoms with Crippen LogP contribution in [0.15, 0.2) is 67.4 Å². The molecule has 6 rings (SSSR count). The van der Waals surface area contributed by atoms with Crippen molar-refractivity contribution in [1.82, 2.24) is 29.5 Å². The Balaban J connectivity index is 1.02. The molecule has 10 nitrogen and oxygen atoms in total. The summed E-state index contributed by atoms with van der Waals surface area (Å²) >= 11 is 0. The number of fused-ring (bicyclic) bond motifs is 2. The molecule has 224 valence electrons. The molecule has 1 saturated heterocycles. The minimum absolute atomic E-state index is 0.0603. The number of imidazole rings is 1. The highest BCUT2D eigenvalue weighted by molar-refractivity contribution is 6.08. The van der Waals surface area contributed by atoms with E-state index in [1.54, 1.807) is 4.68 Å². The minimum atomic E-state index is -0.0603. The molecule has 43 heavy (non-hydrogen) atoms. The number of carbonyl (C=O) groups excluding carboxylic acids is 2. The van der Waals surface area contributed by atoms with E-state index >= 15 is 0 Å². The number of piperidine rings is 1. The number of para-hydroxylation sites is 2. The molecule has 1 fully saturated rings. The zero-order chi connectivity index (χ0) is 29.8. The van der Waals surface area contributed by atoms with Gasteiger partial charge in [-0.25, -0.2) is 4.98 Å². The van der Waals surface area contributed by atoms with Gasteiger partial charge < -0.3 is 25.0 Å². The summed E-state index contributed by atoms with van der Waals surface area (Å²) in [7, 11) is 1.89. The first kappa shape index (κ1) is 28.7. The summed E-state index contributed by atoms with van der Waals surface area (Å²) in [6.07, 6.45) is 11.6. The standard InChI is InChI=1S/C33H40N8O2/c1-24-20-26(33(43)41-22-27-21-36-38(2)32(27)37-29-6-3-4-7-30(29)41)9-8-25(24)10-11-31(42)40-17-12-28(13-18-40)35-14-5-16-39-19-15-34-23-39/h3-4,6-9,15,19-21,23,28,35,37H,5,10-14,16-18,22H2,1-2H3. The molecule has 4 aromatic rings. The molecule has 2 aliphatic heterocycles. The molecule has 4 heterocycles. The lowest BCUT2D eigenvalue weighted by molar-refractivity contribution is -0.132. The second-order valence-corrected chi connectivity index (χ2v) is 11.6. The number of nitrogens with zero attached hydrogens (tertiary/aromatic N) is 6. The molecule has 0 radical (unpaired) electrons. The van der Waals surface area contributed by atoms with E-state index in [1.165, 1.54) is 0 Å². The molecule has 2 aromatic heterocycles. The lowest BCUT2D eigenvalue weighted by atomic mass is 9.99. The van der Waals surface area contributed by atoms with Gasteiger partial charge in [-0.15, -0.1) is 0 Å². The van der Waals surface area contributed by atoms with Crippen molar-refractivity contribution >= 4 is 29.0 Å². The second-order valence-electron chi connectivity index (χ2n) is 11.6. The van der Waals surface area contributed by atoms with Gasteiger partial charge in [0.2, 0.25) is 5.91 Å². The van der Waals surface area contributed by atoms with E-state index in [0.29, 0.717) is 31.0 Å². The minimum Gasteiger partial charge on any atom is -0.343 e. The summed E-state index contributed by atoms with van der Waals surface area (Å²) in [6, 6.07) is 14.2. The van der Waals surface area contributed by atoms with Crippen LogP contribution in [0.3, 0.4) is 0 Å². The van der Waals surface area contributed by atoms with Crippen LogP contribution >= 0.6 is 0 Å². The topological polar surface area (TPSA) is 100 Å². The van der Waals surface area contributed by atoms with Gasteiger partial charge in [0.15, 0.2) is 0 Å². The molecule has 0 bridgehead atoms. The average molecular weight is 581 g/mol. The van der Waals surface area contributed by atoms with Crippen LogP contribution in [0.4, 0.5) is 17.2 Å². The fourth-order valence-corrected chi connectivity index (χ4v) is 6.12. The number of anilines is 3. The molecule has 0 atom stereocenters. The molecule has 2 amide bonds. The highest BCUT2D eigenvalue weighted by Gasteiger charge is 2.27. The van der Waals surface area contributed by atoms with Crippen LogP contribution in [0.5, 0.6) is 0 Å². The average Bonchev–Trinajstić information content (AvgIpc) is 3.63. The number of aromatic nitrogens is 4. The third kappa shape index (κ3) is 6.49. The zero-order valence-corrected chi connectivity index (χ0v) is 25.0. The summed E-state index contributed by atoms with van der Waals surface area (Å²) in [5, 5.41) is 11.5. The van der Waals surface area contributed by atoms with Crippen LogP contribution in [0, 0.1) is 6.92 Å². The van der Waals surface area contributed by atoms with Crippen molar-refractivity contribution in [2.75, 3.05) is 29.9 Å². The number of amides is 2. The van der Waals surface area contributed by atoms with Gasteiger partial charge >= 0.3 is 0 Å². The van der Waals surface area contributed by atoms with Crippen LogP contribution in [0.1, 0.15) is 52.7 Å². The maximum absolute atomic E-state index is 13.8. The largest absolute Gasteiger partial charge is 0.343 e. The lowest BCUT2D eigenvalue weighted by Gasteiger charge is -2.32. The molecule has 10 heteroatoms. The number of aryl methyl sites for hydroxylation is 4. The Bertz CT molecular complexity index is 1570. The van der Waals surface area contributed by atoms with Gasteiger partial charge in [0.25, 0.3) is 5.91 Å². The Kier molecular flexibility index (Phi) is 8.55. The Morgan fingerprint density at radius 1 is 1.12 bits per heavy atom. The molecule has 0 spiro atoms. The number of hydrogen-bond donors (Lipinski definition) is 2. The molecule has 0 aliphatic carbocycles. The number of rotatable bonds is 9. The Morgan fingerprint density at radius 3 is 2.74 bits per heavy atom. The summed E-state index contributed by atoms with van der Waals surface area (Å²) in [6.45, 7) is 6.00. The number of nitrogens with one attached hydrogen (secondary N) is 2. The predicted octanol–water partition coefficient (Wildman–Crippen LogP) is 4.43. The third-order valence-corrected chi connectivity index (χ3v) is 8.67. The van der Waals surface area contributed by atoms with E-state index in [-0.39, 0.29) is 11.8 Å². The first-order valence-corrected chi connectivity index (χ1v) is 15.2. The first-order valence-electron chi connectivity index (χ1n) is 15.2. The van der Waals surface area contributed by atoms with Gasteiger partial charge in [-0.05, 0) is 74.5 Å². The predicted molar refractivity (Wildman–Crippen MR) is 167 cm³/mol. The van der Waals surface area contributed by atoms with Crippen molar-refractivity contribution < 1.29 is 9.59 Å². The fourth-order valence-electron chi connectivity index (χ4n) is 6.12. The third-order valence-electron chi connectivity index (χ3n) is 8.67. The van der Waals surface area contributed by atoms with E-state index in [9.17, 15) is 9.59 Å². The summed E-state index contributed by atoms with van der Waals surface area (Å²) in [4.78, 5) is 34.8. The van der Waals surface area contributed by atoms with E-state index in [1.807, 2.05) is 91.2 Å². The number of hydrogen-bond acceptors (Lipinski definition) is 6. The number of benzene rings is 2. The van der Waals surface area contributed by atoms with Crippen molar-refractivity contribution in [3.8, 4) is 0 Å². The summed E-state index contributed by atoms with van der Waals surface area (Å²) < 4.78 is 3.89. The molecular weight excluding hydrogens is 540 g/mol. The molecule has 2 aliphatic rings. The summed E-state index contributed by atoms with van der Waals surface area (Å²) in [5.74, 6) is 1.04. The van der Waals surface area contributed by atoms with Crippen molar-refractivity contribution in [2.45, 2.75) is 58.2 Å². The normalized spacial score (nSPS) is 15.0. The van der Waals surface area contributed by atoms with Crippen LogP contribution in [-0.4, -0.2) is 61.7 Å². The summed E-state index contributed by atoms with van der Waals surface area (Å²) in [5.41, 5.74) is 5.44. The Labute approximate surface area is 252 Å². The van der Waals surface area contributed by atoms with Gasteiger partial charge in [0.1, 0.15) is 5.82 Å². The Morgan fingerprint density at radius 2 is 1.95 bits per heavy atom. The number of carbonyl (C=O) groups is 2.